The van der Waals surface area contributed by atoms with Crippen LogP contribution in [0.4, 0.5) is 0 Å². The van der Waals surface area contributed by atoms with E-state index in [1.165, 1.54) is 11.1 Å². The zero-order valence-corrected chi connectivity index (χ0v) is 19.4. The van der Waals surface area contributed by atoms with Crippen LogP contribution in [0.3, 0.4) is 0 Å². The van der Waals surface area contributed by atoms with Gasteiger partial charge >= 0.3 is 0 Å². The molecule has 0 aromatic heterocycles. The predicted molar refractivity (Wildman–Crippen MR) is 120 cm³/mol. The minimum Gasteiger partial charge on any atom is -0.493 e. The molecular weight excluding hydrogens is 488 g/mol. The molecule has 0 radical (unpaired) electrons. The molecule has 154 valence electrons. The Hall–Kier alpha value is -1.08. The van der Waals surface area contributed by atoms with Crippen LogP contribution in [0.15, 0.2) is 48.5 Å². The summed E-state index contributed by atoms with van der Waals surface area (Å²) in [4.78, 5) is 0. The van der Waals surface area contributed by atoms with E-state index in [1.807, 2.05) is 24.3 Å². The average molecular weight is 516 g/mol. The van der Waals surface area contributed by atoms with Gasteiger partial charge in [0.1, 0.15) is 18.1 Å². The van der Waals surface area contributed by atoms with E-state index in [9.17, 15) is 10.2 Å². The fourth-order valence-corrected chi connectivity index (χ4v) is 3.24. The molecule has 0 aliphatic rings. The Kier molecular flexibility index (Phi) is 9.28. The summed E-state index contributed by atoms with van der Waals surface area (Å²) in [5.74, 6) is 1.55. The number of hydrogen-bond donors (Lipinski definition) is 2. The van der Waals surface area contributed by atoms with Crippen molar-refractivity contribution in [3.8, 4) is 11.5 Å². The summed E-state index contributed by atoms with van der Waals surface area (Å²) in [6.07, 6.45) is -0.299. The maximum absolute atomic E-state index is 9.57. The van der Waals surface area contributed by atoms with Gasteiger partial charge in [0.05, 0.1) is 18.8 Å². The Morgan fingerprint density at radius 3 is 1.71 bits per heavy atom. The lowest BCUT2D eigenvalue weighted by Gasteiger charge is -2.26. The summed E-state index contributed by atoms with van der Waals surface area (Å²) >= 11 is 6.48. The van der Waals surface area contributed by atoms with E-state index in [2.05, 4.69) is 70.0 Å². The van der Waals surface area contributed by atoms with Crippen LogP contribution in [-0.4, -0.2) is 46.3 Å². The highest BCUT2D eigenvalue weighted by Crippen LogP contribution is 2.33. The van der Waals surface area contributed by atoms with Crippen molar-refractivity contribution < 1.29 is 19.7 Å². The lowest BCUT2D eigenvalue weighted by molar-refractivity contribution is 0.127. The van der Waals surface area contributed by atoms with Gasteiger partial charge in [0.2, 0.25) is 0 Å². The van der Waals surface area contributed by atoms with Gasteiger partial charge in [-0.3, -0.25) is 0 Å². The topological polar surface area (TPSA) is 58.9 Å². The molecule has 0 aliphatic heterocycles. The summed E-state index contributed by atoms with van der Waals surface area (Å²) in [6, 6.07) is 16.1. The number of rotatable bonds is 11. The van der Waals surface area contributed by atoms with Gasteiger partial charge < -0.3 is 19.7 Å². The number of benzene rings is 2. The minimum atomic E-state index is -0.514. The van der Waals surface area contributed by atoms with Crippen molar-refractivity contribution in [2.75, 3.05) is 23.9 Å². The molecule has 0 bridgehead atoms. The summed E-state index contributed by atoms with van der Waals surface area (Å²) in [6.45, 7) is 5.11. The Bertz CT molecular complexity index is 701. The fraction of sp³-hybridized carbons (Fsp3) is 0.455. The van der Waals surface area contributed by atoms with Crippen molar-refractivity contribution in [2.45, 2.75) is 37.9 Å². The Morgan fingerprint density at radius 2 is 1.25 bits per heavy atom. The third-order valence-electron chi connectivity index (χ3n) is 4.67. The molecule has 2 aromatic rings. The Morgan fingerprint density at radius 1 is 0.786 bits per heavy atom. The number of halogens is 2. The molecular formula is C22H28Br2O4. The second kappa shape index (κ2) is 11.2. The van der Waals surface area contributed by atoms with Crippen LogP contribution in [0.1, 0.15) is 31.4 Å². The van der Waals surface area contributed by atoms with Crippen molar-refractivity contribution in [2.24, 2.45) is 0 Å². The molecule has 6 heteroatoms. The van der Waals surface area contributed by atoms with Gasteiger partial charge in [0.25, 0.3) is 0 Å². The zero-order chi connectivity index (χ0) is 20.6. The molecule has 2 N–H and O–H groups in total. The molecule has 0 amide bonds. The highest BCUT2D eigenvalue weighted by Gasteiger charge is 2.23. The first-order valence-corrected chi connectivity index (χ1v) is 11.6. The van der Waals surface area contributed by atoms with Crippen molar-refractivity contribution in [1.82, 2.24) is 0 Å². The van der Waals surface area contributed by atoms with Crippen molar-refractivity contribution in [1.29, 1.82) is 0 Å². The Balaban J connectivity index is 1.99. The lowest BCUT2D eigenvalue weighted by Crippen LogP contribution is -2.20. The first kappa shape index (κ1) is 23.2. The molecule has 0 aliphatic carbocycles. The summed E-state index contributed by atoms with van der Waals surface area (Å²) in [5.41, 5.74) is 2.19. The lowest BCUT2D eigenvalue weighted by atomic mass is 9.78. The molecule has 2 aromatic carbocycles. The van der Waals surface area contributed by atoms with Crippen molar-refractivity contribution in [3.05, 3.63) is 59.7 Å². The monoisotopic (exact) mass is 514 g/mol. The van der Waals surface area contributed by atoms with Gasteiger partial charge in [-0.25, -0.2) is 0 Å². The maximum Gasteiger partial charge on any atom is 0.119 e. The van der Waals surface area contributed by atoms with Crippen LogP contribution < -0.4 is 9.47 Å². The van der Waals surface area contributed by atoms with Gasteiger partial charge in [-0.05, 0) is 35.4 Å². The van der Waals surface area contributed by atoms with Gasteiger partial charge in [0.15, 0.2) is 0 Å². The van der Waals surface area contributed by atoms with E-state index in [0.29, 0.717) is 23.7 Å². The van der Waals surface area contributed by atoms with E-state index in [4.69, 9.17) is 9.47 Å². The largest absolute Gasteiger partial charge is 0.493 e. The smallest absolute Gasteiger partial charge is 0.119 e. The van der Waals surface area contributed by atoms with Gasteiger partial charge in [-0.1, -0.05) is 70.0 Å². The molecule has 2 atom stereocenters. The number of alkyl halides is 2. The van der Waals surface area contributed by atoms with E-state index < -0.39 is 6.10 Å². The molecule has 2 unspecified atom stereocenters. The van der Waals surface area contributed by atoms with Crippen LogP contribution in [-0.2, 0) is 5.41 Å². The molecule has 28 heavy (non-hydrogen) atoms. The molecule has 0 fully saturated rings. The maximum atomic E-state index is 9.57. The zero-order valence-electron chi connectivity index (χ0n) is 16.3. The molecule has 2 rings (SSSR count). The SMILES string of the molecule is CC(C)(c1ccc(OCCC(O)CBr)cc1)c1ccc(OCC(O)CBr)cc1. The average Bonchev–Trinajstić information content (AvgIpc) is 2.72. The third-order valence-corrected chi connectivity index (χ3v) is 6.17. The second-order valence-electron chi connectivity index (χ2n) is 7.24. The fourth-order valence-electron chi connectivity index (χ4n) is 2.73. The van der Waals surface area contributed by atoms with E-state index in [1.54, 1.807) is 0 Å². The van der Waals surface area contributed by atoms with Gasteiger partial charge in [-0.15, -0.1) is 0 Å². The van der Waals surface area contributed by atoms with Crippen LogP contribution in [0.5, 0.6) is 11.5 Å². The van der Waals surface area contributed by atoms with Crippen LogP contribution in [0, 0.1) is 0 Å². The highest BCUT2D eigenvalue weighted by atomic mass is 79.9. The summed E-state index contributed by atoms with van der Waals surface area (Å²) in [7, 11) is 0. The summed E-state index contributed by atoms with van der Waals surface area (Å²) < 4.78 is 11.3. The number of ether oxygens (including phenoxy) is 2. The number of hydrogen-bond acceptors (Lipinski definition) is 4. The van der Waals surface area contributed by atoms with E-state index >= 15 is 0 Å². The molecule has 0 saturated carbocycles. The van der Waals surface area contributed by atoms with E-state index in [-0.39, 0.29) is 18.1 Å². The Labute approximate surface area is 184 Å². The second-order valence-corrected chi connectivity index (χ2v) is 8.53. The number of aliphatic hydroxyl groups excluding tert-OH is 2. The standard InChI is InChI=1S/C22H28Br2O4/c1-22(2,17-5-9-21(10-6-17)28-15-19(26)14-24)16-3-7-20(8-4-16)27-12-11-18(25)13-23/h3-10,18-19,25-26H,11-15H2,1-2H3. The molecule has 0 spiro atoms. The van der Waals surface area contributed by atoms with E-state index in [0.717, 1.165) is 11.5 Å². The van der Waals surface area contributed by atoms with Crippen molar-refractivity contribution >= 4 is 31.9 Å². The molecule has 0 heterocycles. The van der Waals surface area contributed by atoms with Crippen LogP contribution >= 0.6 is 31.9 Å². The predicted octanol–water partition coefficient (Wildman–Crippen LogP) is 4.67. The van der Waals surface area contributed by atoms with Gasteiger partial charge in [0, 0.05) is 22.5 Å². The number of aliphatic hydroxyl groups is 2. The highest BCUT2D eigenvalue weighted by molar-refractivity contribution is 9.09. The first-order chi connectivity index (χ1) is 13.4. The minimum absolute atomic E-state index is 0.168. The van der Waals surface area contributed by atoms with Gasteiger partial charge in [-0.2, -0.15) is 0 Å². The van der Waals surface area contributed by atoms with Crippen molar-refractivity contribution in [3.63, 3.8) is 0 Å². The normalized spacial score (nSPS) is 13.8. The van der Waals surface area contributed by atoms with Crippen LogP contribution in [0.25, 0.3) is 0 Å². The van der Waals surface area contributed by atoms with Crippen LogP contribution in [0.2, 0.25) is 0 Å². The molecule has 0 saturated heterocycles. The quantitative estimate of drug-likeness (QED) is 0.427. The summed E-state index contributed by atoms with van der Waals surface area (Å²) in [5, 5.41) is 20.2. The third kappa shape index (κ3) is 6.76. The molecule has 4 nitrogen and oxygen atoms in total. The first-order valence-electron chi connectivity index (χ1n) is 9.31.